The van der Waals surface area contributed by atoms with E-state index < -0.39 is 0 Å². The quantitative estimate of drug-likeness (QED) is 0.636. The molecule has 0 atom stereocenters. The fourth-order valence-electron chi connectivity index (χ4n) is 1.01. The standard InChI is InChI=1S/C10H10N2/c1-3-8-5-10(12)7(2)4-9(8)6-11/h3-5H,1,12H2,2H3. The summed E-state index contributed by atoms with van der Waals surface area (Å²) in [6.45, 7) is 5.48. The molecule has 12 heavy (non-hydrogen) atoms. The molecule has 0 aliphatic carbocycles. The van der Waals surface area contributed by atoms with E-state index in [0.29, 0.717) is 11.3 Å². The summed E-state index contributed by atoms with van der Waals surface area (Å²) in [4.78, 5) is 0. The van der Waals surface area contributed by atoms with E-state index >= 15 is 0 Å². The Morgan fingerprint density at radius 1 is 1.58 bits per heavy atom. The Morgan fingerprint density at radius 3 is 2.75 bits per heavy atom. The zero-order chi connectivity index (χ0) is 9.14. The molecule has 2 nitrogen and oxygen atoms in total. The summed E-state index contributed by atoms with van der Waals surface area (Å²) in [6.07, 6.45) is 1.63. The van der Waals surface area contributed by atoms with Crippen molar-refractivity contribution >= 4 is 11.8 Å². The van der Waals surface area contributed by atoms with Gasteiger partial charge >= 0.3 is 0 Å². The van der Waals surface area contributed by atoms with Gasteiger partial charge in [-0.15, -0.1) is 0 Å². The molecule has 0 saturated carbocycles. The van der Waals surface area contributed by atoms with Crippen molar-refractivity contribution in [1.29, 1.82) is 5.26 Å². The molecule has 0 amide bonds. The van der Waals surface area contributed by atoms with Gasteiger partial charge in [0.05, 0.1) is 11.6 Å². The average molecular weight is 158 g/mol. The minimum absolute atomic E-state index is 0.622. The normalized spacial score (nSPS) is 9.00. The minimum atomic E-state index is 0.622. The lowest BCUT2D eigenvalue weighted by Gasteiger charge is -2.03. The van der Waals surface area contributed by atoms with Crippen molar-refractivity contribution < 1.29 is 0 Å². The molecule has 0 bridgehead atoms. The molecular weight excluding hydrogens is 148 g/mol. The van der Waals surface area contributed by atoms with Gasteiger partial charge in [0.1, 0.15) is 0 Å². The van der Waals surface area contributed by atoms with Crippen molar-refractivity contribution in [3.63, 3.8) is 0 Å². The number of benzene rings is 1. The number of nitriles is 1. The SMILES string of the molecule is C=Cc1cc(N)c(C)cc1C#N. The second-order valence-corrected chi connectivity index (χ2v) is 2.61. The smallest absolute Gasteiger partial charge is 0.0998 e. The second-order valence-electron chi connectivity index (χ2n) is 2.61. The molecule has 0 saturated heterocycles. The third kappa shape index (κ3) is 1.30. The van der Waals surface area contributed by atoms with Crippen molar-refractivity contribution in [1.82, 2.24) is 0 Å². The Morgan fingerprint density at radius 2 is 2.25 bits per heavy atom. The largest absolute Gasteiger partial charge is 0.398 e. The number of nitrogens with two attached hydrogens (primary N) is 1. The molecule has 0 unspecified atom stereocenters. The Balaban J connectivity index is 3.41. The van der Waals surface area contributed by atoms with E-state index in [-0.39, 0.29) is 0 Å². The number of nitrogen functional groups attached to an aromatic ring is 1. The van der Waals surface area contributed by atoms with Crippen LogP contribution in [0.1, 0.15) is 16.7 Å². The van der Waals surface area contributed by atoms with Crippen molar-refractivity contribution in [2.75, 3.05) is 5.73 Å². The van der Waals surface area contributed by atoms with Crippen LogP contribution in [0.5, 0.6) is 0 Å². The minimum Gasteiger partial charge on any atom is -0.398 e. The predicted molar refractivity (Wildman–Crippen MR) is 50.4 cm³/mol. The fraction of sp³-hybridized carbons (Fsp3) is 0.100. The zero-order valence-electron chi connectivity index (χ0n) is 6.96. The zero-order valence-corrected chi connectivity index (χ0v) is 6.96. The van der Waals surface area contributed by atoms with E-state index in [1.54, 1.807) is 18.2 Å². The Bertz CT molecular complexity index is 359. The number of hydrogen-bond donors (Lipinski definition) is 1. The summed E-state index contributed by atoms with van der Waals surface area (Å²) < 4.78 is 0. The highest BCUT2D eigenvalue weighted by Gasteiger charge is 2.01. The van der Waals surface area contributed by atoms with Crippen molar-refractivity contribution in [3.05, 3.63) is 35.4 Å². The molecule has 0 heterocycles. The molecule has 1 aromatic carbocycles. The van der Waals surface area contributed by atoms with Gasteiger partial charge < -0.3 is 5.73 Å². The molecule has 0 spiro atoms. The lowest BCUT2D eigenvalue weighted by Crippen LogP contribution is -1.92. The van der Waals surface area contributed by atoms with E-state index in [1.807, 2.05) is 6.92 Å². The van der Waals surface area contributed by atoms with Crippen LogP contribution in [0, 0.1) is 18.3 Å². The van der Waals surface area contributed by atoms with E-state index in [9.17, 15) is 0 Å². The summed E-state index contributed by atoms with van der Waals surface area (Å²) in [5.74, 6) is 0. The van der Waals surface area contributed by atoms with Crippen LogP contribution in [-0.2, 0) is 0 Å². The van der Waals surface area contributed by atoms with Crippen LogP contribution in [0.4, 0.5) is 5.69 Å². The molecule has 60 valence electrons. The van der Waals surface area contributed by atoms with Gasteiger partial charge in [-0.25, -0.2) is 0 Å². The van der Waals surface area contributed by atoms with Crippen molar-refractivity contribution in [2.24, 2.45) is 0 Å². The van der Waals surface area contributed by atoms with E-state index in [2.05, 4.69) is 12.6 Å². The lowest BCUT2D eigenvalue weighted by atomic mass is 10.0. The van der Waals surface area contributed by atoms with Gasteiger partial charge in [-0.3, -0.25) is 0 Å². The highest BCUT2D eigenvalue weighted by molar-refractivity contribution is 5.64. The van der Waals surface area contributed by atoms with Crippen molar-refractivity contribution in [2.45, 2.75) is 6.92 Å². The molecule has 0 aliphatic rings. The van der Waals surface area contributed by atoms with Gasteiger partial charge in [-0.2, -0.15) is 5.26 Å². The van der Waals surface area contributed by atoms with Gasteiger partial charge in [0.2, 0.25) is 0 Å². The first-order chi connectivity index (χ1) is 5.69. The maximum absolute atomic E-state index is 8.73. The molecule has 0 aromatic heterocycles. The highest BCUT2D eigenvalue weighted by atomic mass is 14.6. The van der Waals surface area contributed by atoms with E-state index in [1.165, 1.54) is 0 Å². The Hall–Kier alpha value is -1.75. The predicted octanol–water partition coefficient (Wildman–Crippen LogP) is 2.09. The maximum atomic E-state index is 8.73. The molecule has 2 N–H and O–H groups in total. The third-order valence-corrected chi connectivity index (χ3v) is 1.78. The number of rotatable bonds is 1. The molecule has 2 heteroatoms. The third-order valence-electron chi connectivity index (χ3n) is 1.78. The Labute approximate surface area is 71.9 Å². The van der Waals surface area contributed by atoms with Crippen LogP contribution in [0.25, 0.3) is 6.08 Å². The molecule has 1 aromatic rings. The second kappa shape index (κ2) is 3.10. The fourth-order valence-corrected chi connectivity index (χ4v) is 1.01. The summed E-state index contributed by atoms with van der Waals surface area (Å²) in [7, 11) is 0. The summed E-state index contributed by atoms with van der Waals surface area (Å²) >= 11 is 0. The number of hydrogen-bond acceptors (Lipinski definition) is 2. The molecular formula is C10H10N2. The summed E-state index contributed by atoms with van der Waals surface area (Å²) in [5.41, 5.74) is 8.70. The molecule has 0 aliphatic heterocycles. The van der Waals surface area contributed by atoms with E-state index in [4.69, 9.17) is 11.0 Å². The van der Waals surface area contributed by atoms with Crippen molar-refractivity contribution in [3.8, 4) is 6.07 Å². The van der Waals surface area contributed by atoms with Gasteiger partial charge in [-0.05, 0) is 30.2 Å². The number of nitrogens with zero attached hydrogens (tertiary/aromatic N) is 1. The monoisotopic (exact) mass is 158 g/mol. The van der Waals surface area contributed by atoms with Crippen LogP contribution in [-0.4, -0.2) is 0 Å². The van der Waals surface area contributed by atoms with Crippen LogP contribution in [0.15, 0.2) is 18.7 Å². The lowest BCUT2D eigenvalue weighted by molar-refractivity contribution is 1.41. The Kier molecular flexibility index (Phi) is 2.16. The van der Waals surface area contributed by atoms with E-state index in [0.717, 1.165) is 11.1 Å². The number of aryl methyl sites for hydroxylation is 1. The van der Waals surface area contributed by atoms with Gasteiger partial charge in [-0.1, -0.05) is 12.7 Å². The van der Waals surface area contributed by atoms with Crippen LogP contribution in [0.2, 0.25) is 0 Å². The summed E-state index contributed by atoms with van der Waals surface area (Å²) in [6, 6.07) is 5.62. The maximum Gasteiger partial charge on any atom is 0.0998 e. The molecule has 0 fully saturated rings. The topological polar surface area (TPSA) is 49.8 Å². The molecule has 1 rings (SSSR count). The first-order valence-corrected chi connectivity index (χ1v) is 3.61. The van der Waals surface area contributed by atoms with Gasteiger partial charge in [0.15, 0.2) is 0 Å². The first kappa shape index (κ1) is 8.35. The summed E-state index contributed by atoms with van der Waals surface area (Å²) in [5, 5.41) is 8.73. The van der Waals surface area contributed by atoms with Gasteiger partial charge in [0.25, 0.3) is 0 Å². The van der Waals surface area contributed by atoms with Gasteiger partial charge in [0, 0.05) is 5.69 Å². The van der Waals surface area contributed by atoms with Crippen LogP contribution < -0.4 is 5.73 Å². The highest BCUT2D eigenvalue weighted by Crippen LogP contribution is 2.18. The van der Waals surface area contributed by atoms with Crippen LogP contribution in [0.3, 0.4) is 0 Å². The van der Waals surface area contributed by atoms with Crippen LogP contribution >= 0.6 is 0 Å². The average Bonchev–Trinajstić information content (AvgIpc) is 2.09. The first-order valence-electron chi connectivity index (χ1n) is 3.61. The number of anilines is 1. The molecule has 0 radical (unpaired) electrons.